The average Bonchev–Trinajstić information content (AvgIpc) is 2.05. The van der Waals surface area contributed by atoms with E-state index in [1.54, 1.807) is 12.3 Å². The molecular formula is C7H5ClN2. The van der Waals surface area contributed by atoms with Gasteiger partial charge < -0.3 is 0 Å². The van der Waals surface area contributed by atoms with Crippen molar-refractivity contribution in [2.24, 2.45) is 0 Å². The van der Waals surface area contributed by atoms with E-state index in [2.05, 4.69) is 9.83 Å². The highest BCUT2D eigenvalue weighted by molar-refractivity contribution is 6.17. The predicted molar refractivity (Wildman–Crippen MR) is 40.1 cm³/mol. The average molecular weight is 153 g/mol. The van der Waals surface area contributed by atoms with E-state index in [-0.39, 0.29) is 0 Å². The zero-order chi connectivity index (χ0) is 7.40. The molecule has 1 aromatic heterocycles. The molecule has 0 radical (unpaired) electrons. The van der Waals surface area contributed by atoms with E-state index in [1.165, 1.54) is 6.20 Å². The van der Waals surface area contributed by atoms with Crippen molar-refractivity contribution < 1.29 is 0 Å². The number of alkyl halides is 1. The van der Waals surface area contributed by atoms with Gasteiger partial charge in [0.1, 0.15) is 0 Å². The van der Waals surface area contributed by atoms with Gasteiger partial charge in [0.05, 0.1) is 6.57 Å². The van der Waals surface area contributed by atoms with Gasteiger partial charge >= 0.3 is 0 Å². The van der Waals surface area contributed by atoms with E-state index < -0.39 is 0 Å². The second-order valence-corrected chi connectivity index (χ2v) is 2.06. The zero-order valence-corrected chi connectivity index (χ0v) is 5.97. The van der Waals surface area contributed by atoms with Crippen LogP contribution < -0.4 is 0 Å². The summed E-state index contributed by atoms with van der Waals surface area (Å²) < 4.78 is 0. The highest BCUT2D eigenvalue weighted by Gasteiger charge is 1.92. The van der Waals surface area contributed by atoms with Crippen LogP contribution in [0.25, 0.3) is 4.85 Å². The molecule has 0 saturated heterocycles. The molecule has 50 valence electrons. The summed E-state index contributed by atoms with van der Waals surface area (Å²) in [5.74, 6) is 0.413. The Balaban J connectivity index is 3.01. The Bertz CT molecular complexity index is 265. The van der Waals surface area contributed by atoms with Crippen molar-refractivity contribution in [3.8, 4) is 0 Å². The lowest BCUT2D eigenvalue weighted by Gasteiger charge is -1.92. The highest BCUT2D eigenvalue weighted by atomic mass is 35.5. The van der Waals surface area contributed by atoms with E-state index in [4.69, 9.17) is 18.2 Å². The molecule has 1 rings (SSSR count). The fourth-order valence-electron chi connectivity index (χ4n) is 0.608. The number of pyridine rings is 1. The number of hydrogen-bond acceptors (Lipinski definition) is 1. The number of aromatic nitrogens is 1. The Morgan fingerprint density at radius 3 is 3.00 bits per heavy atom. The molecule has 1 aromatic rings. The minimum Gasteiger partial charge on any atom is -0.276 e. The smallest absolute Gasteiger partial charge is 0.205 e. The summed E-state index contributed by atoms with van der Waals surface area (Å²) >= 11 is 5.51. The summed E-state index contributed by atoms with van der Waals surface area (Å²) in [4.78, 5) is 7.04. The third-order valence-electron chi connectivity index (χ3n) is 1.06. The first-order chi connectivity index (χ1) is 4.86. The van der Waals surface area contributed by atoms with Crippen LogP contribution in [0.2, 0.25) is 0 Å². The molecule has 3 heteroatoms. The molecule has 0 N–H and O–H groups in total. The van der Waals surface area contributed by atoms with E-state index in [0.717, 1.165) is 5.56 Å². The molecule has 0 atom stereocenters. The van der Waals surface area contributed by atoms with Crippen LogP contribution in [-0.2, 0) is 5.88 Å². The molecule has 0 fully saturated rings. The number of rotatable bonds is 1. The largest absolute Gasteiger partial charge is 0.276 e. The van der Waals surface area contributed by atoms with Crippen LogP contribution >= 0.6 is 11.6 Å². The summed E-state index contributed by atoms with van der Waals surface area (Å²) in [6.07, 6.45) is 3.17. The summed E-state index contributed by atoms with van der Waals surface area (Å²) in [6, 6.07) is 1.73. The van der Waals surface area contributed by atoms with Crippen LogP contribution in [0.4, 0.5) is 5.69 Å². The van der Waals surface area contributed by atoms with Crippen molar-refractivity contribution in [3.05, 3.63) is 35.4 Å². The van der Waals surface area contributed by atoms with Crippen molar-refractivity contribution in [1.82, 2.24) is 4.98 Å². The second-order valence-electron chi connectivity index (χ2n) is 1.80. The Morgan fingerprint density at radius 2 is 2.40 bits per heavy atom. The third kappa shape index (κ3) is 1.46. The molecule has 1 heterocycles. The van der Waals surface area contributed by atoms with Gasteiger partial charge in [-0.15, -0.1) is 11.6 Å². The van der Waals surface area contributed by atoms with Crippen LogP contribution in [0.15, 0.2) is 18.5 Å². The van der Waals surface area contributed by atoms with Gasteiger partial charge in [-0.05, 0) is 11.6 Å². The third-order valence-corrected chi connectivity index (χ3v) is 1.37. The first-order valence-corrected chi connectivity index (χ1v) is 3.27. The van der Waals surface area contributed by atoms with Crippen molar-refractivity contribution in [2.75, 3.05) is 0 Å². The molecular weight excluding hydrogens is 148 g/mol. The Labute approximate surface area is 64.3 Å². The SMILES string of the molecule is [C-]#[N+]c1cncc(CCl)c1. The standard InChI is InChI=1S/C7H5ClN2/c1-9-7-2-6(3-8)4-10-5-7/h2,4-5H,3H2. The minimum atomic E-state index is 0.413. The quantitative estimate of drug-likeness (QED) is 0.446. The van der Waals surface area contributed by atoms with Gasteiger partial charge in [0.25, 0.3) is 0 Å². The lowest BCUT2D eigenvalue weighted by atomic mass is 10.3. The molecule has 0 spiro atoms. The van der Waals surface area contributed by atoms with E-state index in [0.29, 0.717) is 11.6 Å². The maximum atomic E-state index is 6.66. The number of hydrogen-bond donors (Lipinski definition) is 0. The van der Waals surface area contributed by atoms with Crippen molar-refractivity contribution in [2.45, 2.75) is 5.88 Å². The zero-order valence-electron chi connectivity index (χ0n) is 5.21. The maximum Gasteiger partial charge on any atom is 0.205 e. The Hall–Kier alpha value is -1.07. The van der Waals surface area contributed by atoms with E-state index in [1.807, 2.05) is 0 Å². The normalized spacial score (nSPS) is 8.80. The molecule has 0 aliphatic carbocycles. The first-order valence-electron chi connectivity index (χ1n) is 2.74. The van der Waals surface area contributed by atoms with Gasteiger partial charge in [0, 0.05) is 18.3 Å². The second kappa shape index (κ2) is 3.19. The summed E-state index contributed by atoms with van der Waals surface area (Å²) in [7, 11) is 0. The van der Waals surface area contributed by atoms with Gasteiger partial charge in [-0.3, -0.25) is 4.98 Å². The summed E-state index contributed by atoms with van der Waals surface area (Å²) in [5.41, 5.74) is 1.42. The highest BCUT2D eigenvalue weighted by Crippen LogP contribution is 2.12. The molecule has 0 bridgehead atoms. The molecule has 0 aliphatic heterocycles. The summed E-state index contributed by atoms with van der Waals surface area (Å²) in [5, 5.41) is 0. The lowest BCUT2D eigenvalue weighted by molar-refractivity contribution is 1.26. The minimum absolute atomic E-state index is 0.413. The van der Waals surface area contributed by atoms with Gasteiger partial charge in [-0.1, -0.05) is 0 Å². The van der Waals surface area contributed by atoms with E-state index >= 15 is 0 Å². The summed E-state index contributed by atoms with van der Waals surface area (Å²) in [6.45, 7) is 6.66. The van der Waals surface area contributed by atoms with Crippen molar-refractivity contribution in [3.63, 3.8) is 0 Å². The van der Waals surface area contributed by atoms with Gasteiger partial charge in [0.2, 0.25) is 5.69 Å². The molecule has 0 aromatic carbocycles. The molecule has 0 unspecified atom stereocenters. The Morgan fingerprint density at radius 1 is 1.60 bits per heavy atom. The molecule has 10 heavy (non-hydrogen) atoms. The molecule has 2 nitrogen and oxygen atoms in total. The van der Waals surface area contributed by atoms with E-state index in [9.17, 15) is 0 Å². The Kier molecular flexibility index (Phi) is 2.24. The van der Waals surface area contributed by atoms with Gasteiger partial charge in [-0.25, -0.2) is 4.85 Å². The fourth-order valence-corrected chi connectivity index (χ4v) is 0.754. The van der Waals surface area contributed by atoms with Crippen LogP contribution in [0.1, 0.15) is 5.56 Å². The predicted octanol–water partition coefficient (Wildman–Crippen LogP) is 2.37. The molecule has 0 amide bonds. The molecule has 0 aliphatic rings. The monoisotopic (exact) mass is 152 g/mol. The fraction of sp³-hybridized carbons (Fsp3) is 0.143. The number of halogens is 1. The topological polar surface area (TPSA) is 17.2 Å². The van der Waals surface area contributed by atoms with Crippen LogP contribution in [0.5, 0.6) is 0 Å². The van der Waals surface area contributed by atoms with Crippen LogP contribution in [-0.4, -0.2) is 4.98 Å². The van der Waals surface area contributed by atoms with Crippen LogP contribution in [0.3, 0.4) is 0 Å². The first kappa shape index (κ1) is 7.04. The van der Waals surface area contributed by atoms with Crippen molar-refractivity contribution >= 4 is 17.3 Å². The molecule has 0 saturated carbocycles. The lowest BCUT2D eigenvalue weighted by Crippen LogP contribution is -1.77. The van der Waals surface area contributed by atoms with Crippen molar-refractivity contribution in [1.29, 1.82) is 0 Å². The van der Waals surface area contributed by atoms with Gasteiger partial charge in [0.15, 0.2) is 0 Å². The maximum absolute atomic E-state index is 6.66. The number of nitrogens with zero attached hydrogens (tertiary/aromatic N) is 2. The van der Waals surface area contributed by atoms with Gasteiger partial charge in [-0.2, -0.15) is 0 Å². The van der Waals surface area contributed by atoms with Crippen LogP contribution in [0, 0.1) is 6.57 Å².